The summed E-state index contributed by atoms with van der Waals surface area (Å²) in [5, 5.41) is 3.97. The van der Waals surface area contributed by atoms with E-state index < -0.39 is 0 Å². The third-order valence-electron chi connectivity index (χ3n) is 3.06. The molecule has 0 atom stereocenters. The molecule has 0 spiro atoms. The highest BCUT2D eigenvalue weighted by Gasteiger charge is 2.04. The van der Waals surface area contributed by atoms with Gasteiger partial charge in [0.2, 0.25) is 0 Å². The van der Waals surface area contributed by atoms with Crippen molar-refractivity contribution in [2.24, 2.45) is 5.10 Å². The molecule has 1 N–H and O–H groups in total. The van der Waals surface area contributed by atoms with Crippen molar-refractivity contribution in [2.45, 2.75) is 13.8 Å². The quantitative estimate of drug-likeness (QED) is 0.681. The maximum Gasteiger partial charge on any atom is 0.277 e. The van der Waals surface area contributed by atoms with Gasteiger partial charge in [-0.1, -0.05) is 30.3 Å². The van der Waals surface area contributed by atoms with E-state index in [2.05, 4.69) is 10.5 Å². The number of hydrogen-bond donors (Lipinski definition) is 1. The molecule has 0 aliphatic carbocycles. The lowest BCUT2D eigenvalue weighted by Gasteiger charge is -2.08. The van der Waals surface area contributed by atoms with Gasteiger partial charge >= 0.3 is 0 Å². The highest BCUT2D eigenvalue weighted by molar-refractivity contribution is 5.99. The molecule has 0 radical (unpaired) electrons. The fourth-order valence-corrected chi connectivity index (χ4v) is 1.80. The number of amides is 1. The van der Waals surface area contributed by atoms with E-state index in [1.165, 1.54) is 12.1 Å². The molecular weight excluding hydrogens is 283 g/mol. The van der Waals surface area contributed by atoms with Gasteiger partial charge in [0.1, 0.15) is 11.6 Å². The van der Waals surface area contributed by atoms with Gasteiger partial charge in [0.25, 0.3) is 5.91 Å². The van der Waals surface area contributed by atoms with Crippen LogP contribution in [0.25, 0.3) is 0 Å². The minimum absolute atomic E-state index is 0.120. The van der Waals surface area contributed by atoms with Crippen LogP contribution in [0.3, 0.4) is 0 Å². The zero-order valence-corrected chi connectivity index (χ0v) is 12.5. The molecule has 0 fully saturated rings. The average molecular weight is 300 g/mol. The summed E-state index contributed by atoms with van der Waals surface area (Å²) in [6.45, 7) is 3.52. The zero-order chi connectivity index (χ0) is 15.9. The number of hydrogen-bond acceptors (Lipinski definition) is 3. The molecule has 0 bridgehead atoms. The van der Waals surface area contributed by atoms with Crippen molar-refractivity contribution in [1.82, 2.24) is 5.43 Å². The Bertz CT molecular complexity index is 681. The van der Waals surface area contributed by atoms with Crippen molar-refractivity contribution in [3.63, 3.8) is 0 Å². The Hall–Kier alpha value is -2.69. The molecule has 0 saturated heterocycles. The van der Waals surface area contributed by atoms with Gasteiger partial charge in [-0.05, 0) is 43.2 Å². The molecule has 2 aromatic rings. The number of carbonyl (C=O) groups is 1. The predicted molar refractivity (Wildman–Crippen MR) is 83.4 cm³/mol. The first-order valence-corrected chi connectivity index (χ1v) is 6.84. The van der Waals surface area contributed by atoms with E-state index in [4.69, 9.17) is 4.74 Å². The zero-order valence-electron chi connectivity index (χ0n) is 12.5. The van der Waals surface area contributed by atoms with E-state index in [-0.39, 0.29) is 18.3 Å². The number of ether oxygens (including phenoxy) is 1. The summed E-state index contributed by atoms with van der Waals surface area (Å²) >= 11 is 0. The number of para-hydroxylation sites is 1. The molecule has 0 unspecified atom stereocenters. The van der Waals surface area contributed by atoms with Crippen molar-refractivity contribution in [1.29, 1.82) is 0 Å². The standard InChI is InChI=1S/C17H17FN2O2/c1-12-5-3-4-6-16(12)22-11-17(21)20-19-13(2)14-7-9-15(18)10-8-14/h3-10H,11H2,1-2H3,(H,20,21)/b19-13+. The fraction of sp³-hybridized carbons (Fsp3) is 0.176. The van der Waals surface area contributed by atoms with E-state index in [0.29, 0.717) is 11.5 Å². The molecular formula is C17H17FN2O2. The first-order valence-electron chi connectivity index (χ1n) is 6.84. The van der Waals surface area contributed by atoms with Gasteiger partial charge in [-0.2, -0.15) is 5.10 Å². The largest absolute Gasteiger partial charge is 0.483 e. The molecule has 0 aromatic heterocycles. The van der Waals surface area contributed by atoms with Crippen LogP contribution < -0.4 is 10.2 Å². The Labute approximate surface area is 128 Å². The molecule has 0 heterocycles. The van der Waals surface area contributed by atoms with Gasteiger partial charge in [0, 0.05) is 0 Å². The maximum atomic E-state index is 12.8. The molecule has 0 aliphatic heterocycles. The van der Waals surface area contributed by atoms with Crippen LogP contribution in [0.5, 0.6) is 5.75 Å². The number of nitrogens with one attached hydrogen (secondary N) is 1. The van der Waals surface area contributed by atoms with Gasteiger partial charge < -0.3 is 4.74 Å². The van der Waals surface area contributed by atoms with E-state index in [0.717, 1.165) is 11.1 Å². The Balaban J connectivity index is 1.88. The fourth-order valence-electron chi connectivity index (χ4n) is 1.80. The van der Waals surface area contributed by atoms with Gasteiger partial charge in [-0.25, -0.2) is 9.82 Å². The van der Waals surface area contributed by atoms with Crippen molar-refractivity contribution >= 4 is 11.6 Å². The van der Waals surface area contributed by atoms with Crippen LogP contribution in [0.1, 0.15) is 18.1 Å². The number of hydrazone groups is 1. The summed E-state index contributed by atoms with van der Waals surface area (Å²) in [6, 6.07) is 13.3. The number of halogens is 1. The van der Waals surface area contributed by atoms with Gasteiger partial charge in [-0.15, -0.1) is 0 Å². The molecule has 22 heavy (non-hydrogen) atoms. The van der Waals surface area contributed by atoms with E-state index >= 15 is 0 Å². The number of nitrogens with zero attached hydrogens (tertiary/aromatic N) is 1. The molecule has 5 heteroatoms. The molecule has 1 amide bonds. The summed E-state index contributed by atoms with van der Waals surface area (Å²) in [4.78, 5) is 11.7. The second-order valence-electron chi connectivity index (χ2n) is 4.79. The van der Waals surface area contributed by atoms with E-state index in [9.17, 15) is 9.18 Å². The Morgan fingerprint density at radius 1 is 1.18 bits per heavy atom. The highest BCUT2D eigenvalue weighted by atomic mass is 19.1. The lowest BCUT2D eigenvalue weighted by Crippen LogP contribution is -2.25. The van der Waals surface area contributed by atoms with Crippen LogP contribution in [0.4, 0.5) is 4.39 Å². The van der Waals surface area contributed by atoms with Gasteiger partial charge in [0.05, 0.1) is 5.71 Å². The highest BCUT2D eigenvalue weighted by Crippen LogP contribution is 2.15. The average Bonchev–Trinajstić information content (AvgIpc) is 2.52. The molecule has 2 aromatic carbocycles. The lowest BCUT2D eigenvalue weighted by atomic mass is 10.1. The Morgan fingerprint density at radius 3 is 2.55 bits per heavy atom. The summed E-state index contributed by atoms with van der Waals surface area (Å²) in [5.41, 5.74) is 4.70. The third kappa shape index (κ3) is 4.41. The number of benzene rings is 2. The number of rotatable bonds is 5. The molecule has 114 valence electrons. The lowest BCUT2D eigenvalue weighted by molar-refractivity contribution is -0.123. The van der Waals surface area contributed by atoms with Crippen LogP contribution in [0.15, 0.2) is 53.6 Å². The second-order valence-corrected chi connectivity index (χ2v) is 4.79. The SMILES string of the molecule is C/C(=N\NC(=O)COc1ccccc1C)c1ccc(F)cc1. The van der Waals surface area contributed by atoms with Gasteiger partial charge in [-0.3, -0.25) is 4.79 Å². The van der Waals surface area contributed by atoms with Crippen LogP contribution >= 0.6 is 0 Å². The van der Waals surface area contributed by atoms with Crippen LogP contribution in [0, 0.1) is 12.7 Å². The predicted octanol–water partition coefficient (Wildman–Crippen LogP) is 3.05. The molecule has 4 nitrogen and oxygen atoms in total. The minimum atomic E-state index is -0.357. The van der Waals surface area contributed by atoms with Crippen LogP contribution in [-0.4, -0.2) is 18.2 Å². The number of aryl methyl sites for hydroxylation is 1. The summed E-state index contributed by atoms with van der Waals surface area (Å²) in [6.07, 6.45) is 0. The first kappa shape index (κ1) is 15.7. The van der Waals surface area contributed by atoms with Crippen molar-refractivity contribution in [3.8, 4) is 5.75 Å². The van der Waals surface area contributed by atoms with Gasteiger partial charge in [0.15, 0.2) is 6.61 Å². The van der Waals surface area contributed by atoms with Crippen molar-refractivity contribution in [2.75, 3.05) is 6.61 Å². The number of carbonyl (C=O) groups excluding carboxylic acids is 1. The Morgan fingerprint density at radius 2 is 1.86 bits per heavy atom. The van der Waals surface area contributed by atoms with Crippen molar-refractivity contribution < 1.29 is 13.9 Å². The minimum Gasteiger partial charge on any atom is -0.483 e. The third-order valence-corrected chi connectivity index (χ3v) is 3.06. The van der Waals surface area contributed by atoms with E-state index in [1.54, 1.807) is 25.1 Å². The van der Waals surface area contributed by atoms with Crippen LogP contribution in [0.2, 0.25) is 0 Å². The first-order chi connectivity index (χ1) is 10.6. The Kier molecular flexibility index (Phi) is 5.25. The maximum absolute atomic E-state index is 12.8. The molecule has 2 rings (SSSR count). The monoisotopic (exact) mass is 300 g/mol. The summed E-state index contributed by atoms with van der Waals surface area (Å²) in [7, 11) is 0. The second kappa shape index (κ2) is 7.36. The molecule has 0 saturated carbocycles. The normalized spacial score (nSPS) is 11.1. The summed E-state index contributed by atoms with van der Waals surface area (Å²) < 4.78 is 18.3. The van der Waals surface area contributed by atoms with E-state index in [1.807, 2.05) is 25.1 Å². The summed E-state index contributed by atoms with van der Waals surface area (Å²) in [5.74, 6) is -0.00572. The molecule has 0 aliphatic rings. The topological polar surface area (TPSA) is 50.7 Å². The van der Waals surface area contributed by atoms with Crippen molar-refractivity contribution in [3.05, 3.63) is 65.5 Å². The van der Waals surface area contributed by atoms with Crippen LogP contribution in [-0.2, 0) is 4.79 Å². The smallest absolute Gasteiger partial charge is 0.277 e.